The van der Waals surface area contributed by atoms with E-state index in [4.69, 9.17) is 20.0 Å². The van der Waals surface area contributed by atoms with Gasteiger partial charge in [0.15, 0.2) is 0 Å². The highest BCUT2D eigenvalue weighted by Gasteiger charge is 1.99. The van der Waals surface area contributed by atoms with E-state index in [0.717, 1.165) is 38.5 Å². The van der Waals surface area contributed by atoms with Crippen molar-refractivity contribution < 1.29 is 29.6 Å². The monoisotopic (exact) mass is 322 g/mol. The summed E-state index contributed by atoms with van der Waals surface area (Å²) in [4.78, 5) is 21.4. The summed E-state index contributed by atoms with van der Waals surface area (Å²) in [6, 6.07) is 0. The zero-order valence-electron chi connectivity index (χ0n) is 14.6. The maximum absolute atomic E-state index is 10.7. The number of ether oxygens (including phenoxy) is 2. The molecule has 0 aromatic rings. The molecule has 2 N–H and O–H groups in total. The fraction of sp³-hybridized carbons (Fsp3) is 0.875. The average molecular weight is 322 g/mol. The van der Waals surface area contributed by atoms with Crippen molar-refractivity contribution in [2.75, 3.05) is 13.2 Å². The first kappa shape index (κ1) is 25.8. The van der Waals surface area contributed by atoms with Gasteiger partial charge in [0.25, 0.3) is 0 Å². The van der Waals surface area contributed by atoms with Gasteiger partial charge in [-0.2, -0.15) is 0 Å². The Kier molecular flexibility index (Phi) is 29.1. The van der Waals surface area contributed by atoms with E-state index in [0.29, 0.717) is 26.1 Å². The summed E-state index contributed by atoms with van der Waals surface area (Å²) in [6.45, 7) is 8.90. The fourth-order valence-electron chi connectivity index (χ4n) is 1.50. The Balaban J connectivity index is -0.000000294. The molecule has 0 saturated heterocycles. The van der Waals surface area contributed by atoms with Crippen LogP contribution >= 0.6 is 0 Å². The summed E-state index contributed by atoms with van der Waals surface area (Å²) in [7, 11) is 0. The number of unbranched alkanes of at least 4 members (excludes halogenated alkanes) is 4. The molecular formula is C16H34O6. The van der Waals surface area contributed by atoms with Crippen molar-refractivity contribution in [3.05, 3.63) is 0 Å². The van der Waals surface area contributed by atoms with Crippen LogP contribution in [0.25, 0.3) is 0 Å². The van der Waals surface area contributed by atoms with Gasteiger partial charge in [0.2, 0.25) is 0 Å². The highest BCUT2D eigenvalue weighted by Crippen LogP contribution is 2.00. The summed E-state index contributed by atoms with van der Waals surface area (Å²) in [5.41, 5.74) is 0. The van der Waals surface area contributed by atoms with Crippen molar-refractivity contribution in [1.82, 2.24) is 0 Å². The molecule has 0 aliphatic carbocycles. The molecule has 0 heterocycles. The Labute approximate surface area is 134 Å². The lowest BCUT2D eigenvalue weighted by atomic mass is 10.2. The molecule has 0 amide bonds. The van der Waals surface area contributed by atoms with Crippen molar-refractivity contribution in [3.8, 4) is 0 Å². The van der Waals surface area contributed by atoms with Gasteiger partial charge in [0, 0.05) is 12.8 Å². The quantitative estimate of drug-likeness (QED) is 0.270. The van der Waals surface area contributed by atoms with E-state index in [1.165, 1.54) is 0 Å². The van der Waals surface area contributed by atoms with Crippen molar-refractivity contribution in [1.29, 1.82) is 0 Å². The average Bonchev–Trinajstić information content (AvgIpc) is 2.51. The SMILES string of the molecule is CCCCCC(=O)OCC.CCCCCC(=O)OCC.OO. The van der Waals surface area contributed by atoms with Crippen LogP contribution in [0.15, 0.2) is 0 Å². The largest absolute Gasteiger partial charge is 0.466 e. The third-order valence-corrected chi connectivity index (χ3v) is 2.58. The van der Waals surface area contributed by atoms with Gasteiger partial charge in [0.05, 0.1) is 13.2 Å². The smallest absolute Gasteiger partial charge is 0.305 e. The Morgan fingerprint density at radius 2 is 1.00 bits per heavy atom. The number of hydrogen-bond acceptors (Lipinski definition) is 6. The molecule has 0 spiro atoms. The van der Waals surface area contributed by atoms with E-state index < -0.39 is 0 Å². The minimum atomic E-state index is -0.0593. The van der Waals surface area contributed by atoms with Crippen LogP contribution < -0.4 is 0 Å². The maximum Gasteiger partial charge on any atom is 0.305 e. The van der Waals surface area contributed by atoms with Crippen LogP contribution in [-0.2, 0) is 19.1 Å². The van der Waals surface area contributed by atoms with E-state index in [-0.39, 0.29) is 11.9 Å². The van der Waals surface area contributed by atoms with E-state index in [1.54, 1.807) is 0 Å². The molecule has 0 saturated carbocycles. The molecule has 6 heteroatoms. The standard InChI is InChI=1S/2C8H16O2.H2O2/c2*1-3-5-6-7-8(9)10-4-2;1-2/h2*3-7H2,1-2H3;1-2H. The van der Waals surface area contributed by atoms with Gasteiger partial charge < -0.3 is 9.47 Å². The Hall–Kier alpha value is -1.14. The molecule has 22 heavy (non-hydrogen) atoms. The lowest BCUT2D eigenvalue weighted by Gasteiger charge is -1.99. The maximum atomic E-state index is 10.7. The number of carbonyl (C=O) groups is 2. The van der Waals surface area contributed by atoms with Gasteiger partial charge in [-0.05, 0) is 26.7 Å². The number of hydrogen-bond donors (Lipinski definition) is 2. The van der Waals surface area contributed by atoms with Crippen LogP contribution in [0.4, 0.5) is 0 Å². The first-order valence-electron chi connectivity index (χ1n) is 8.13. The lowest BCUT2D eigenvalue weighted by molar-refractivity contribution is -0.176. The topological polar surface area (TPSA) is 93.1 Å². The second-order valence-corrected chi connectivity index (χ2v) is 4.52. The van der Waals surface area contributed by atoms with Gasteiger partial charge in [-0.25, -0.2) is 0 Å². The molecule has 0 aliphatic rings. The van der Waals surface area contributed by atoms with E-state index in [2.05, 4.69) is 13.8 Å². The van der Waals surface area contributed by atoms with Crippen molar-refractivity contribution in [2.45, 2.75) is 79.1 Å². The predicted octanol–water partition coefficient (Wildman–Crippen LogP) is 4.28. The first-order valence-corrected chi connectivity index (χ1v) is 8.13. The third kappa shape index (κ3) is 27.2. The minimum Gasteiger partial charge on any atom is -0.466 e. The molecule has 0 fully saturated rings. The van der Waals surface area contributed by atoms with Crippen LogP contribution in [0, 0.1) is 0 Å². The van der Waals surface area contributed by atoms with Gasteiger partial charge in [-0.15, -0.1) is 0 Å². The molecule has 0 bridgehead atoms. The van der Waals surface area contributed by atoms with Gasteiger partial charge in [-0.1, -0.05) is 39.5 Å². The molecule has 0 atom stereocenters. The van der Waals surface area contributed by atoms with E-state index in [1.807, 2.05) is 13.8 Å². The van der Waals surface area contributed by atoms with Crippen LogP contribution in [0.1, 0.15) is 79.1 Å². The molecule has 0 unspecified atom stereocenters. The van der Waals surface area contributed by atoms with E-state index in [9.17, 15) is 9.59 Å². The second-order valence-electron chi connectivity index (χ2n) is 4.52. The second kappa shape index (κ2) is 24.9. The van der Waals surface area contributed by atoms with Crippen molar-refractivity contribution in [2.24, 2.45) is 0 Å². The summed E-state index contributed by atoms with van der Waals surface area (Å²) >= 11 is 0. The Morgan fingerprint density at radius 1 is 0.682 bits per heavy atom. The van der Waals surface area contributed by atoms with Crippen LogP contribution in [-0.4, -0.2) is 35.7 Å². The predicted molar refractivity (Wildman–Crippen MR) is 86.8 cm³/mol. The summed E-state index contributed by atoms with van der Waals surface area (Å²) in [5.74, 6) is -0.119. The lowest BCUT2D eigenvalue weighted by Crippen LogP contribution is -2.02. The number of rotatable bonds is 10. The van der Waals surface area contributed by atoms with Crippen LogP contribution in [0.2, 0.25) is 0 Å². The zero-order chi connectivity index (χ0) is 17.6. The van der Waals surface area contributed by atoms with Gasteiger partial charge in [-0.3, -0.25) is 20.1 Å². The summed E-state index contributed by atoms with van der Waals surface area (Å²) < 4.78 is 9.50. The molecule has 0 rings (SSSR count). The molecule has 6 nitrogen and oxygen atoms in total. The highest BCUT2D eigenvalue weighted by atomic mass is 17.0. The van der Waals surface area contributed by atoms with E-state index >= 15 is 0 Å². The first-order chi connectivity index (χ1) is 10.6. The highest BCUT2D eigenvalue weighted by molar-refractivity contribution is 5.69. The summed E-state index contributed by atoms with van der Waals surface area (Å²) in [5, 5.41) is 12.0. The zero-order valence-corrected chi connectivity index (χ0v) is 14.6. The van der Waals surface area contributed by atoms with Crippen LogP contribution in [0.3, 0.4) is 0 Å². The molecule has 0 radical (unpaired) electrons. The Morgan fingerprint density at radius 3 is 1.23 bits per heavy atom. The third-order valence-electron chi connectivity index (χ3n) is 2.58. The Bertz CT molecular complexity index is 207. The van der Waals surface area contributed by atoms with Crippen molar-refractivity contribution in [3.63, 3.8) is 0 Å². The molecule has 0 aliphatic heterocycles. The summed E-state index contributed by atoms with van der Waals surface area (Å²) in [6.07, 6.45) is 7.66. The number of carbonyl (C=O) groups excluding carboxylic acids is 2. The normalized spacial score (nSPS) is 8.82. The number of esters is 2. The van der Waals surface area contributed by atoms with Gasteiger partial charge >= 0.3 is 11.9 Å². The minimum absolute atomic E-state index is 0.0593. The molecular weight excluding hydrogens is 288 g/mol. The van der Waals surface area contributed by atoms with Crippen LogP contribution in [0.5, 0.6) is 0 Å². The van der Waals surface area contributed by atoms with Crippen molar-refractivity contribution >= 4 is 11.9 Å². The molecule has 0 aromatic carbocycles. The molecule has 134 valence electrons. The van der Waals surface area contributed by atoms with Gasteiger partial charge in [0.1, 0.15) is 0 Å². The molecule has 0 aromatic heterocycles. The fourth-order valence-corrected chi connectivity index (χ4v) is 1.50.